The van der Waals surface area contributed by atoms with Crippen LogP contribution in [-0.2, 0) is 13.0 Å². The third-order valence-electron chi connectivity index (χ3n) is 3.42. The van der Waals surface area contributed by atoms with E-state index in [4.69, 9.17) is 11.6 Å². The van der Waals surface area contributed by atoms with Gasteiger partial charge in [-0.25, -0.2) is 0 Å². The maximum atomic E-state index is 5.98. The van der Waals surface area contributed by atoms with Gasteiger partial charge in [0.2, 0.25) is 0 Å². The van der Waals surface area contributed by atoms with Gasteiger partial charge in [-0.2, -0.15) is 0 Å². The van der Waals surface area contributed by atoms with E-state index in [2.05, 4.69) is 31.9 Å². The zero-order valence-electron chi connectivity index (χ0n) is 13.8. The molecule has 24 heavy (non-hydrogen) atoms. The Kier molecular flexibility index (Phi) is 10.4. The fourth-order valence-corrected chi connectivity index (χ4v) is 2.41. The number of aromatic nitrogens is 3. The van der Waals surface area contributed by atoms with Gasteiger partial charge in [0.05, 0.1) is 0 Å². The van der Waals surface area contributed by atoms with Crippen LogP contribution in [0, 0.1) is 0 Å². The minimum atomic E-state index is 0. The van der Waals surface area contributed by atoms with Crippen molar-refractivity contribution >= 4 is 41.5 Å². The third-order valence-corrected chi connectivity index (χ3v) is 3.66. The van der Waals surface area contributed by atoms with Gasteiger partial charge >= 0.3 is 0 Å². The first-order valence-corrected chi connectivity index (χ1v) is 8.17. The van der Waals surface area contributed by atoms with Crippen molar-refractivity contribution in [1.82, 2.24) is 25.4 Å². The lowest BCUT2D eigenvalue weighted by molar-refractivity contribution is 0.597. The normalized spacial score (nSPS) is 11.0. The second-order valence-electron chi connectivity index (χ2n) is 5.21. The zero-order chi connectivity index (χ0) is 16.3. The molecule has 1 aromatic carbocycles. The summed E-state index contributed by atoms with van der Waals surface area (Å²) in [5.74, 6) is 0.830. The minimum absolute atomic E-state index is 0. The molecule has 0 saturated heterocycles. The first kappa shape index (κ1) is 20.7. The number of hydrogen-bond acceptors (Lipinski definition) is 3. The SMILES string of the molecule is CN=C(NCCCCn1cnnc1)NCCc1cccc(Cl)c1.I. The van der Waals surface area contributed by atoms with Gasteiger partial charge in [-0.3, -0.25) is 4.99 Å². The molecule has 0 aliphatic heterocycles. The molecule has 0 unspecified atom stereocenters. The smallest absolute Gasteiger partial charge is 0.190 e. The maximum Gasteiger partial charge on any atom is 0.190 e. The molecule has 0 saturated carbocycles. The van der Waals surface area contributed by atoms with Crippen LogP contribution in [0.25, 0.3) is 0 Å². The Balaban J connectivity index is 0.00000288. The summed E-state index contributed by atoms with van der Waals surface area (Å²) in [6.07, 6.45) is 6.53. The van der Waals surface area contributed by atoms with E-state index in [0.29, 0.717) is 0 Å². The Morgan fingerprint density at radius 3 is 2.62 bits per heavy atom. The van der Waals surface area contributed by atoms with Crippen LogP contribution in [0.3, 0.4) is 0 Å². The van der Waals surface area contributed by atoms with Crippen LogP contribution in [0.15, 0.2) is 41.9 Å². The highest BCUT2D eigenvalue weighted by Gasteiger charge is 1.99. The molecule has 2 N–H and O–H groups in total. The average molecular weight is 463 g/mol. The number of nitrogens with one attached hydrogen (secondary N) is 2. The standard InChI is InChI=1S/C16H23ClN6.HI/c1-18-16(19-8-2-3-10-23-12-21-22-13-23)20-9-7-14-5-4-6-15(17)11-14;/h4-6,11-13H,2-3,7-10H2,1H3,(H2,18,19,20);1H. The number of aliphatic imine (C=N–C) groups is 1. The highest BCUT2D eigenvalue weighted by Crippen LogP contribution is 2.10. The number of nitrogens with zero attached hydrogens (tertiary/aromatic N) is 4. The first-order chi connectivity index (χ1) is 11.3. The van der Waals surface area contributed by atoms with Crippen molar-refractivity contribution in [3.8, 4) is 0 Å². The summed E-state index contributed by atoms with van der Waals surface area (Å²) >= 11 is 5.98. The fourth-order valence-electron chi connectivity index (χ4n) is 2.20. The summed E-state index contributed by atoms with van der Waals surface area (Å²) in [6.45, 7) is 2.65. The molecule has 0 fully saturated rings. The number of halogens is 2. The van der Waals surface area contributed by atoms with Crippen molar-refractivity contribution in [3.05, 3.63) is 47.5 Å². The molecule has 1 heterocycles. The summed E-state index contributed by atoms with van der Waals surface area (Å²) in [4.78, 5) is 4.23. The Hall–Kier alpha value is -1.35. The van der Waals surface area contributed by atoms with Gasteiger partial charge in [-0.05, 0) is 37.0 Å². The first-order valence-electron chi connectivity index (χ1n) is 7.79. The molecule has 0 radical (unpaired) electrons. The van der Waals surface area contributed by atoms with Crippen molar-refractivity contribution in [1.29, 1.82) is 0 Å². The fraction of sp³-hybridized carbons (Fsp3) is 0.438. The van der Waals surface area contributed by atoms with Gasteiger partial charge in [0, 0.05) is 31.7 Å². The van der Waals surface area contributed by atoms with Crippen molar-refractivity contribution in [3.63, 3.8) is 0 Å². The van der Waals surface area contributed by atoms with E-state index in [1.807, 2.05) is 22.8 Å². The number of aryl methyl sites for hydroxylation is 1. The number of hydrogen-bond donors (Lipinski definition) is 2. The summed E-state index contributed by atoms with van der Waals surface area (Å²) in [5, 5.41) is 15.0. The quantitative estimate of drug-likeness (QED) is 0.274. The molecule has 0 spiro atoms. The van der Waals surface area contributed by atoms with Gasteiger partial charge in [0.1, 0.15) is 12.7 Å². The molecule has 132 valence electrons. The van der Waals surface area contributed by atoms with E-state index in [1.165, 1.54) is 5.56 Å². The lowest BCUT2D eigenvalue weighted by atomic mass is 10.1. The van der Waals surface area contributed by atoms with Crippen LogP contribution in [0.4, 0.5) is 0 Å². The molecule has 0 bridgehead atoms. The lowest BCUT2D eigenvalue weighted by Crippen LogP contribution is -2.38. The van der Waals surface area contributed by atoms with Gasteiger partial charge in [0.25, 0.3) is 0 Å². The average Bonchev–Trinajstić information content (AvgIpc) is 3.06. The number of rotatable bonds is 8. The predicted octanol–water partition coefficient (Wildman–Crippen LogP) is 2.74. The van der Waals surface area contributed by atoms with Crippen molar-refractivity contribution < 1.29 is 0 Å². The molecule has 1 aromatic heterocycles. The molecule has 0 amide bonds. The minimum Gasteiger partial charge on any atom is -0.356 e. The van der Waals surface area contributed by atoms with E-state index in [0.717, 1.165) is 49.9 Å². The Morgan fingerprint density at radius 1 is 1.17 bits per heavy atom. The Bertz CT molecular complexity index is 602. The number of benzene rings is 1. The van der Waals surface area contributed by atoms with Gasteiger partial charge < -0.3 is 15.2 Å². The maximum absolute atomic E-state index is 5.98. The molecular formula is C16H24ClIN6. The van der Waals surface area contributed by atoms with E-state index in [9.17, 15) is 0 Å². The van der Waals surface area contributed by atoms with E-state index in [1.54, 1.807) is 19.7 Å². The third kappa shape index (κ3) is 7.96. The molecule has 0 aliphatic carbocycles. The van der Waals surface area contributed by atoms with Crippen LogP contribution in [-0.4, -0.2) is 40.9 Å². The monoisotopic (exact) mass is 462 g/mol. The molecule has 0 atom stereocenters. The Labute approximate surface area is 165 Å². The van der Waals surface area contributed by atoms with Crippen molar-refractivity contribution in [2.45, 2.75) is 25.8 Å². The molecule has 0 aliphatic rings. The summed E-state index contributed by atoms with van der Waals surface area (Å²) in [7, 11) is 1.78. The Morgan fingerprint density at radius 2 is 1.92 bits per heavy atom. The molecule has 2 rings (SSSR count). The van der Waals surface area contributed by atoms with Crippen molar-refractivity contribution in [2.75, 3.05) is 20.1 Å². The number of guanidine groups is 1. The molecule has 6 nitrogen and oxygen atoms in total. The van der Waals surface area contributed by atoms with Crippen LogP contribution in [0.1, 0.15) is 18.4 Å². The lowest BCUT2D eigenvalue weighted by Gasteiger charge is -2.12. The van der Waals surface area contributed by atoms with Crippen LogP contribution < -0.4 is 10.6 Å². The zero-order valence-corrected chi connectivity index (χ0v) is 16.9. The highest BCUT2D eigenvalue weighted by atomic mass is 127. The largest absolute Gasteiger partial charge is 0.356 e. The van der Waals surface area contributed by atoms with E-state index < -0.39 is 0 Å². The van der Waals surface area contributed by atoms with E-state index >= 15 is 0 Å². The van der Waals surface area contributed by atoms with Gasteiger partial charge in [0.15, 0.2) is 5.96 Å². The molecule has 2 aromatic rings. The molecular weight excluding hydrogens is 439 g/mol. The predicted molar refractivity (Wildman–Crippen MR) is 109 cm³/mol. The van der Waals surface area contributed by atoms with Gasteiger partial charge in [-0.15, -0.1) is 34.2 Å². The summed E-state index contributed by atoms with van der Waals surface area (Å²) < 4.78 is 1.98. The molecule has 8 heteroatoms. The van der Waals surface area contributed by atoms with Crippen LogP contribution in [0.2, 0.25) is 5.02 Å². The summed E-state index contributed by atoms with van der Waals surface area (Å²) in [5.41, 5.74) is 1.22. The second-order valence-corrected chi connectivity index (χ2v) is 5.65. The number of unbranched alkanes of at least 4 members (excludes halogenated alkanes) is 1. The summed E-state index contributed by atoms with van der Waals surface area (Å²) in [6, 6.07) is 7.93. The van der Waals surface area contributed by atoms with Crippen LogP contribution in [0.5, 0.6) is 0 Å². The van der Waals surface area contributed by atoms with Crippen molar-refractivity contribution in [2.24, 2.45) is 4.99 Å². The second kappa shape index (κ2) is 12.1. The van der Waals surface area contributed by atoms with E-state index in [-0.39, 0.29) is 24.0 Å². The highest BCUT2D eigenvalue weighted by molar-refractivity contribution is 14.0. The van der Waals surface area contributed by atoms with Gasteiger partial charge in [-0.1, -0.05) is 23.7 Å². The van der Waals surface area contributed by atoms with Crippen LogP contribution >= 0.6 is 35.6 Å². The topological polar surface area (TPSA) is 67.1 Å².